The van der Waals surface area contributed by atoms with Gasteiger partial charge >= 0.3 is 0 Å². The minimum atomic E-state index is 0.420. The molecule has 0 bridgehead atoms. The minimum absolute atomic E-state index is 0.420. The van der Waals surface area contributed by atoms with E-state index in [-0.39, 0.29) is 0 Å². The van der Waals surface area contributed by atoms with Gasteiger partial charge in [-0.2, -0.15) is 0 Å². The molecule has 1 fully saturated rings. The molecule has 1 aromatic rings. The highest BCUT2D eigenvalue weighted by Crippen LogP contribution is 2.15. The third-order valence-electron chi connectivity index (χ3n) is 2.69. The third kappa shape index (κ3) is 3.08. The Bertz CT molecular complexity index is 326. The summed E-state index contributed by atoms with van der Waals surface area (Å²) in [5.74, 6) is 6.80. The number of hydrazine groups is 1. The molecule has 1 unspecified atom stereocenters. The number of hydrogen-bond acceptors (Lipinski definition) is 5. The summed E-state index contributed by atoms with van der Waals surface area (Å²) in [7, 11) is 0. The number of hydrogen-bond donors (Lipinski definition) is 3. The number of nitrogen functional groups attached to an aromatic ring is 1. The van der Waals surface area contributed by atoms with Gasteiger partial charge in [-0.15, -0.1) is 0 Å². The van der Waals surface area contributed by atoms with Crippen molar-refractivity contribution < 1.29 is 4.74 Å². The average molecular weight is 222 g/mol. The molecule has 0 amide bonds. The number of nitrogens with zero attached hydrogens (tertiary/aromatic N) is 1. The number of nitrogens with one attached hydrogen (secondary N) is 2. The van der Waals surface area contributed by atoms with E-state index in [4.69, 9.17) is 10.6 Å². The quantitative estimate of drug-likeness (QED) is 0.518. The predicted molar refractivity (Wildman–Crippen MR) is 64.1 cm³/mol. The summed E-state index contributed by atoms with van der Waals surface area (Å²) in [6.07, 6.45) is 3.82. The molecule has 1 aromatic heterocycles. The molecule has 0 aromatic carbocycles. The number of nitrogens with two attached hydrogens (primary N) is 1. The van der Waals surface area contributed by atoms with Crippen molar-refractivity contribution in [1.82, 2.24) is 4.98 Å². The molecule has 2 rings (SSSR count). The first kappa shape index (κ1) is 11.2. The summed E-state index contributed by atoms with van der Waals surface area (Å²) < 4.78 is 5.54. The van der Waals surface area contributed by atoms with Gasteiger partial charge in [0.25, 0.3) is 0 Å². The van der Waals surface area contributed by atoms with Crippen molar-refractivity contribution in [2.24, 2.45) is 5.84 Å². The molecule has 16 heavy (non-hydrogen) atoms. The Labute approximate surface area is 95.4 Å². The molecule has 0 aliphatic carbocycles. The molecule has 1 saturated heterocycles. The monoisotopic (exact) mass is 222 g/mol. The Morgan fingerprint density at radius 2 is 2.31 bits per heavy atom. The average Bonchev–Trinajstić information content (AvgIpc) is 2.82. The van der Waals surface area contributed by atoms with E-state index in [9.17, 15) is 0 Å². The van der Waals surface area contributed by atoms with Crippen molar-refractivity contribution in [3.63, 3.8) is 0 Å². The Kier molecular flexibility index (Phi) is 3.96. The predicted octanol–water partition coefficient (Wildman–Crippen LogP) is 1.35. The normalized spacial score (nSPS) is 19.7. The van der Waals surface area contributed by atoms with Crippen molar-refractivity contribution in [3.05, 3.63) is 18.2 Å². The van der Waals surface area contributed by atoms with Crippen LogP contribution >= 0.6 is 0 Å². The zero-order valence-corrected chi connectivity index (χ0v) is 9.28. The van der Waals surface area contributed by atoms with Crippen LogP contribution in [0.25, 0.3) is 0 Å². The van der Waals surface area contributed by atoms with Crippen LogP contribution in [0.15, 0.2) is 18.2 Å². The summed E-state index contributed by atoms with van der Waals surface area (Å²) in [6.45, 7) is 1.79. The van der Waals surface area contributed by atoms with E-state index in [0.29, 0.717) is 11.9 Å². The number of aromatic nitrogens is 1. The number of ether oxygens (including phenoxy) is 1. The molecule has 0 spiro atoms. The molecule has 2 heterocycles. The van der Waals surface area contributed by atoms with Crippen molar-refractivity contribution >= 4 is 11.6 Å². The van der Waals surface area contributed by atoms with Gasteiger partial charge in [0, 0.05) is 13.2 Å². The lowest BCUT2D eigenvalue weighted by atomic mass is 10.2. The SMILES string of the molecule is NNc1cccc(NCCC2CCCO2)n1. The lowest BCUT2D eigenvalue weighted by Gasteiger charge is -2.10. The summed E-state index contributed by atoms with van der Waals surface area (Å²) in [6, 6.07) is 5.66. The lowest BCUT2D eigenvalue weighted by Crippen LogP contribution is -2.14. The van der Waals surface area contributed by atoms with Crippen LogP contribution in [-0.4, -0.2) is 24.2 Å². The highest BCUT2D eigenvalue weighted by molar-refractivity contribution is 5.44. The van der Waals surface area contributed by atoms with E-state index in [1.807, 2.05) is 18.2 Å². The Morgan fingerprint density at radius 1 is 1.44 bits per heavy atom. The van der Waals surface area contributed by atoms with Gasteiger partial charge in [0.05, 0.1) is 6.10 Å². The second-order valence-corrected chi connectivity index (χ2v) is 3.90. The van der Waals surface area contributed by atoms with E-state index in [2.05, 4.69) is 15.7 Å². The van der Waals surface area contributed by atoms with Gasteiger partial charge in [-0.25, -0.2) is 10.8 Å². The summed E-state index contributed by atoms with van der Waals surface area (Å²) in [4.78, 5) is 4.27. The van der Waals surface area contributed by atoms with Crippen LogP contribution in [0.3, 0.4) is 0 Å². The van der Waals surface area contributed by atoms with Crippen molar-refractivity contribution in [2.45, 2.75) is 25.4 Å². The molecule has 5 nitrogen and oxygen atoms in total. The molecule has 1 aliphatic heterocycles. The Hall–Kier alpha value is -1.33. The minimum Gasteiger partial charge on any atom is -0.378 e. The molecule has 4 N–H and O–H groups in total. The summed E-state index contributed by atoms with van der Waals surface area (Å²) in [5.41, 5.74) is 2.52. The largest absolute Gasteiger partial charge is 0.378 e. The highest BCUT2D eigenvalue weighted by Gasteiger charge is 2.14. The van der Waals surface area contributed by atoms with Crippen LogP contribution in [0, 0.1) is 0 Å². The zero-order chi connectivity index (χ0) is 11.2. The Morgan fingerprint density at radius 3 is 3.06 bits per heavy atom. The molecule has 1 aliphatic rings. The van der Waals surface area contributed by atoms with Crippen LogP contribution in [0.2, 0.25) is 0 Å². The number of anilines is 2. The molecule has 1 atom stereocenters. The summed E-state index contributed by atoms with van der Waals surface area (Å²) >= 11 is 0. The molecule has 0 radical (unpaired) electrons. The van der Waals surface area contributed by atoms with Gasteiger partial charge in [-0.1, -0.05) is 6.07 Å². The van der Waals surface area contributed by atoms with E-state index < -0.39 is 0 Å². The fourth-order valence-electron chi connectivity index (χ4n) is 1.85. The highest BCUT2D eigenvalue weighted by atomic mass is 16.5. The standard InChI is InChI=1S/C11H18N4O/c12-15-11-5-1-4-10(14-11)13-7-6-9-3-2-8-16-9/h1,4-5,9H,2-3,6-8,12H2,(H2,13,14,15). The lowest BCUT2D eigenvalue weighted by molar-refractivity contribution is 0.107. The van der Waals surface area contributed by atoms with E-state index in [1.165, 1.54) is 12.8 Å². The zero-order valence-electron chi connectivity index (χ0n) is 9.28. The van der Waals surface area contributed by atoms with Crippen molar-refractivity contribution in [1.29, 1.82) is 0 Å². The Balaban J connectivity index is 1.75. The number of pyridine rings is 1. The van der Waals surface area contributed by atoms with Gasteiger partial charge < -0.3 is 15.5 Å². The first-order valence-corrected chi connectivity index (χ1v) is 5.67. The van der Waals surface area contributed by atoms with Crippen LogP contribution < -0.4 is 16.6 Å². The van der Waals surface area contributed by atoms with Crippen LogP contribution in [-0.2, 0) is 4.74 Å². The van der Waals surface area contributed by atoms with Crippen LogP contribution in [0.5, 0.6) is 0 Å². The van der Waals surface area contributed by atoms with E-state index in [0.717, 1.165) is 25.4 Å². The molecular weight excluding hydrogens is 204 g/mol. The second-order valence-electron chi connectivity index (χ2n) is 3.90. The van der Waals surface area contributed by atoms with Gasteiger partial charge in [0.1, 0.15) is 11.6 Å². The van der Waals surface area contributed by atoms with Crippen LogP contribution in [0.1, 0.15) is 19.3 Å². The fourth-order valence-corrected chi connectivity index (χ4v) is 1.85. The van der Waals surface area contributed by atoms with Gasteiger partial charge in [-0.05, 0) is 31.4 Å². The first-order chi connectivity index (χ1) is 7.88. The smallest absolute Gasteiger partial charge is 0.142 e. The van der Waals surface area contributed by atoms with Crippen LogP contribution in [0.4, 0.5) is 11.6 Å². The van der Waals surface area contributed by atoms with Crippen molar-refractivity contribution in [2.75, 3.05) is 23.9 Å². The molecule has 0 saturated carbocycles. The number of rotatable bonds is 5. The van der Waals surface area contributed by atoms with E-state index in [1.54, 1.807) is 0 Å². The molecular formula is C11H18N4O. The maximum absolute atomic E-state index is 5.54. The molecule has 88 valence electrons. The first-order valence-electron chi connectivity index (χ1n) is 5.67. The maximum atomic E-state index is 5.54. The van der Waals surface area contributed by atoms with E-state index >= 15 is 0 Å². The van der Waals surface area contributed by atoms with Gasteiger partial charge in [-0.3, -0.25) is 0 Å². The van der Waals surface area contributed by atoms with Crippen molar-refractivity contribution in [3.8, 4) is 0 Å². The second kappa shape index (κ2) is 5.67. The van der Waals surface area contributed by atoms with Gasteiger partial charge in [0.2, 0.25) is 0 Å². The molecule has 5 heteroatoms. The third-order valence-corrected chi connectivity index (χ3v) is 2.69. The van der Waals surface area contributed by atoms with Gasteiger partial charge in [0.15, 0.2) is 0 Å². The topological polar surface area (TPSA) is 72.2 Å². The summed E-state index contributed by atoms with van der Waals surface area (Å²) in [5, 5.41) is 3.26. The fraction of sp³-hybridized carbons (Fsp3) is 0.545. The maximum Gasteiger partial charge on any atom is 0.142 e.